The van der Waals surface area contributed by atoms with Crippen LogP contribution >= 0.6 is 0 Å². The molecular weight excluding hydrogens is 294 g/mol. The van der Waals surface area contributed by atoms with Gasteiger partial charge in [-0.25, -0.2) is 4.98 Å². The second-order valence-corrected chi connectivity index (χ2v) is 5.82. The minimum Gasteiger partial charge on any atom is -0.472 e. The highest BCUT2D eigenvalue weighted by atomic mass is 16.3. The molecule has 2 aromatic rings. The van der Waals surface area contributed by atoms with Crippen molar-refractivity contribution in [3.8, 4) is 0 Å². The number of piperidine rings is 1. The van der Waals surface area contributed by atoms with Crippen molar-refractivity contribution in [3.63, 3.8) is 0 Å². The quantitative estimate of drug-likeness (QED) is 0.933. The monoisotopic (exact) mass is 315 g/mol. The Morgan fingerprint density at radius 3 is 2.74 bits per heavy atom. The summed E-state index contributed by atoms with van der Waals surface area (Å²) in [5, 5.41) is 2.84. The Kier molecular flexibility index (Phi) is 4.45. The average Bonchev–Trinajstić information content (AvgIpc) is 3.10. The number of aromatic nitrogens is 2. The fourth-order valence-electron chi connectivity index (χ4n) is 2.63. The normalized spacial score (nSPS) is 14.6. The highest BCUT2D eigenvalue weighted by Crippen LogP contribution is 2.25. The Labute approximate surface area is 135 Å². The van der Waals surface area contributed by atoms with Gasteiger partial charge in [0, 0.05) is 27.2 Å². The van der Waals surface area contributed by atoms with E-state index in [2.05, 4.69) is 20.2 Å². The van der Waals surface area contributed by atoms with Crippen LogP contribution in [0.3, 0.4) is 0 Å². The third kappa shape index (κ3) is 3.44. The average molecular weight is 315 g/mol. The van der Waals surface area contributed by atoms with Gasteiger partial charge in [0.2, 0.25) is 5.95 Å². The second-order valence-electron chi connectivity index (χ2n) is 5.82. The lowest BCUT2D eigenvalue weighted by Crippen LogP contribution is -2.31. The molecule has 23 heavy (non-hydrogen) atoms. The highest BCUT2D eigenvalue weighted by Gasteiger charge is 2.18. The van der Waals surface area contributed by atoms with E-state index in [4.69, 9.17) is 4.42 Å². The van der Waals surface area contributed by atoms with Crippen LogP contribution in [0.4, 0.5) is 17.5 Å². The van der Waals surface area contributed by atoms with Gasteiger partial charge in [-0.15, -0.1) is 0 Å². The fraction of sp³-hybridized carbons (Fsp3) is 0.438. The van der Waals surface area contributed by atoms with Gasteiger partial charge in [0.15, 0.2) is 5.82 Å². The molecule has 0 atom stereocenters. The summed E-state index contributed by atoms with van der Waals surface area (Å²) < 4.78 is 4.94. The molecule has 1 fully saturated rings. The minimum absolute atomic E-state index is 0.240. The van der Waals surface area contributed by atoms with E-state index in [1.807, 2.05) is 19.0 Å². The minimum atomic E-state index is -0.240. The van der Waals surface area contributed by atoms with Crippen LogP contribution in [-0.2, 0) is 0 Å². The summed E-state index contributed by atoms with van der Waals surface area (Å²) in [6, 6.07) is 1.62. The first-order chi connectivity index (χ1) is 11.1. The number of rotatable bonds is 4. The van der Waals surface area contributed by atoms with Gasteiger partial charge in [0.05, 0.1) is 18.0 Å². The molecule has 1 amide bonds. The van der Waals surface area contributed by atoms with E-state index >= 15 is 0 Å². The van der Waals surface area contributed by atoms with Gasteiger partial charge in [-0.1, -0.05) is 0 Å². The summed E-state index contributed by atoms with van der Waals surface area (Å²) in [5.74, 6) is 1.17. The van der Waals surface area contributed by atoms with Gasteiger partial charge in [-0.2, -0.15) is 4.98 Å². The SMILES string of the molecule is CN(C)c1nc(N2CCCCC2)ncc1NC(=O)c1ccoc1. The number of carbonyl (C=O) groups is 1. The topological polar surface area (TPSA) is 74.5 Å². The lowest BCUT2D eigenvalue weighted by atomic mass is 10.1. The van der Waals surface area contributed by atoms with E-state index in [1.165, 1.54) is 31.8 Å². The Balaban J connectivity index is 1.83. The molecular formula is C16H21N5O2. The van der Waals surface area contributed by atoms with Crippen LogP contribution in [-0.4, -0.2) is 43.1 Å². The number of hydrogen-bond acceptors (Lipinski definition) is 6. The Bertz CT molecular complexity index is 663. The van der Waals surface area contributed by atoms with Crippen LogP contribution < -0.4 is 15.1 Å². The molecule has 1 N–H and O–H groups in total. The molecule has 3 rings (SSSR count). The van der Waals surface area contributed by atoms with Gasteiger partial charge in [0.25, 0.3) is 5.91 Å². The first-order valence-corrected chi connectivity index (χ1v) is 7.78. The summed E-state index contributed by atoms with van der Waals surface area (Å²) in [7, 11) is 3.80. The van der Waals surface area contributed by atoms with Crippen LogP contribution in [0.5, 0.6) is 0 Å². The van der Waals surface area contributed by atoms with Crippen LogP contribution in [0.15, 0.2) is 29.2 Å². The van der Waals surface area contributed by atoms with Crippen molar-refractivity contribution in [2.75, 3.05) is 42.3 Å². The zero-order valence-corrected chi connectivity index (χ0v) is 13.5. The lowest BCUT2D eigenvalue weighted by Gasteiger charge is -2.28. The van der Waals surface area contributed by atoms with Crippen molar-refractivity contribution in [2.45, 2.75) is 19.3 Å². The van der Waals surface area contributed by atoms with Crippen LogP contribution in [0.1, 0.15) is 29.6 Å². The van der Waals surface area contributed by atoms with E-state index in [-0.39, 0.29) is 5.91 Å². The largest absolute Gasteiger partial charge is 0.472 e. The number of carbonyl (C=O) groups excluding carboxylic acids is 1. The van der Waals surface area contributed by atoms with Crippen molar-refractivity contribution in [3.05, 3.63) is 30.4 Å². The Morgan fingerprint density at radius 2 is 2.09 bits per heavy atom. The number of amides is 1. The second kappa shape index (κ2) is 6.68. The zero-order chi connectivity index (χ0) is 16.2. The number of furan rings is 1. The molecule has 0 aromatic carbocycles. The molecule has 1 saturated heterocycles. The van der Waals surface area contributed by atoms with Gasteiger partial charge in [0.1, 0.15) is 12.0 Å². The van der Waals surface area contributed by atoms with E-state index in [1.54, 1.807) is 12.3 Å². The summed E-state index contributed by atoms with van der Waals surface area (Å²) in [4.78, 5) is 25.3. The van der Waals surface area contributed by atoms with Crippen LogP contribution in [0.2, 0.25) is 0 Å². The Hall–Kier alpha value is -2.57. The van der Waals surface area contributed by atoms with Gasteiger partial charge in [-0.3, -0.25) is 4.79 Å². The lowest BCUT2D eigenvalue weighted by molar-refractivity contribution is 0.102. The molecule has 0 unspecified atom stereocenters. The molecule has 2 aromatic heterocycles. The van der Waals surface area contributed by atoms with E-state index in [9.17, 15) is 4.79 Å². The molecule has 0 spiro atoms. The molecule has 3 heterocycles. The number of anilines is 3. The molecule has 0 bridgehead atoms. The van der Waals surface area contributed by atoms with Crippen molar-refractivity contribution in [1.29, 1.82) is 0 Å². The predicted octanol–water partition coefficient (Wildman–Crippen LogP) is 2.38. The molecule has 1 aliphatic rings. The molecule has 122 valence electrons. The maximum Gasteiger partial charge on any atom is 0.259 e. The third-order valence-corrected chi connectivity index (χ3v) is 3.85. The van der Waals surface area contributed by atoms with Crippen molar-refractivity contribution in [2.24, 2.45) is 0 Å². The molecule has 0 saturated carbocycles. The maximum atomic E-state index is 12.2. The smallest absolute Gasteiger partial charge is 0.259 e. The zero-order valence-electron chi connectivity index (χ0n) is 13.5. The highest BCUT2D eigenvalue weighted by molar-refractivity contribution is 6.05. The van der Waals surface area contributed by atoms with E-state index < -0.39 is 0 Å². The summed E-state index contributed by atoms with van der Waals surface area (Å²) in [5.41, 5.74) is 1.05. The van der Waals surface area contributed by atoms with Gasteiger partial charge in [-0.05, 0) is 25.3 Å². The number of nitrogens with zero attached hydrogens (tertiary/aromatic N) is 4. The molecule has 7 heteroatoms. The van der Waals surface area contributed by atoms with Crippen molar-refractivity contribution < 1.29 is 9.21 Å². The van der Waals surface area contributed by atoms with Crippen molar-refractivity contribution >= 4 is 23.4 Å². The first kappa shape index (κ1) is 15.3. The fourth-order valence-corrected chi connectivity index (χ4v) is 2.63. The van der Waals surface area contributed by atoms with Crippen molar-refractivity contribution in [1.82, 2.24) is 9.97 Å². The molecule has 0 aliphatic carbocycles. The summed E-state index contributed by atoms with van der Waals surface area (Å²) in [6.07, 6.45) is 8.14. The third-order valence-electron chi connectivity index (χ3n) is 3.85. The van der Waals surface area contributed by atoms with Crippen LogP contribution in [0.25, 0.3) is 0 Å². The van der Waals surface area contributed by atoms with E-state index in [0.717, 1.165) is 19.0 Å². The van der Waals surface area contributed by atoms with Gasteiger partial charge >= 0.3 is 0 Å². The molecule has 7 nitrogen and oxygen atoms in total. The standard InChI is InChI=1S/C16H21N5O2/c1-20(2)14-13(18-15(22)12-6-9-23-11-12)10-17-16(19-14)21-7-4-3-5-8-21/h6,9-11H,3-5,7-8H2,1-2H3,(H,18,22). The maximum absolute atomic E-state index is 12.2. The summed E-state index contributed by atoms with van der Waals surface area (Å²) >= 11 is 0. The molecule has 1 aliphatic heterocycles. The summed E-state index contributed by atoms with van der Waals surface area (Å²) in [6.45, 7) is 1.96. The predicted molar refractivity (Wildman–Crippen MR) is 89.1 cm³/mol. The van der Waals surface area contributed by atoms with Gasteiger partial charge < -0.3 is 19.5 Å². The number of hydrogen-bond donors (Lipinski definition) is 1. The Morgan fingerprint density at radius 1 is 1.30 bits per heavy atom. The first-order valence-electron chi connectivity index (χ1n) is 7.78. The van der Waals surface area contributed by atoms with Crippen LogP contribution in [0, 0.1) is 0 Å². The number of nitrogens with one attached hydrogen (secondary N) is 1. The molecule has 0 radical (unpaired) electrons. The van der Waals surface area contributed by atoms with E-state index in [0.29, 0.717) is 17.1 Å².